The zero-order valence-electron chi connectivity index (χ0n) is 11.9. The van der Waals surface area contributed by atoms with Crippen LogP contribution in [0.25, 0.3) is 10.9 Å². The number of carbonyl (C=O) groups excluding carboxylic acids is 1. The zero-order valence-corrected chi connectivity index (χ0v) is 11.9. The van der Waals surface area contributed by atoms with Gasteiger partial charge >= 0.3 is 0 Å². The quantitative estimate of drug-likeness (QED) is 0.878. The second kappa shape index (κ2) is 6.48. The Hall–Kier alpha value is -1.94. The molecule has 1 heterocycles. The minimum atomic E-state index is -0.0859. The Kier molecular flexibility index (Phi) is 4.69. The van der Waals surface area contributed by atoms with Crippen molar-refractivity contribution in [1.82, 2.24) is 10.3 Å². The predicted octanol–water partition coefficient (Wildman–Crippen LogP) is 2.29. The summed E-state index contributed by atoms with van der Waals surface area (Å²) in [6, 6.07) is 9.43. The normalized spacial score (nSPS) is 12.3. The number of rotatable bonds is 5. The summed E-state index contributed by atoms with van der Waals surface area (Å²) in [7, 11) is 0. The molecule has 1 unspecified atom stereocenters. The number of aliphatic hydroxyl groups excluding tert-OH is 1. The molecule has 1 amide bonds. The van der Waals surface area contributed by atoms with E-state index in [4.69, 9.17) is 5.11 Å². The van der Waals surface area contributed by atoms with Crippen LogP contribution in [0.5, 0.6) is 0 Å². The number of pyridine rings is 1. The molecular weight excluding hydrogens is 252 g/mol. The first-order chi connectivity index (χ1) is 9.60. The fourth-order valence-corrected chi connectivity index (χ4v) is 2.06. The van der Waals surface area contributed by atoms with Crippen LogP contribution in [0.15, 0.2) is 30.3 Å². The highest BCUT2D eigenvalue weighted by Gasteiger charge is 2.08. The summed E-state index contributed by atoms with van der Waals surface area (Å²) in [5.74, 6) is 0.186. The van der Waals surface area contributed by atoms with Gasteiger partial charge in [0.2, 0.25) is 0 Å². The van der Waals surface area contributed by atoms with Gasteiger partial charge in [0.1, 0.15) is 0 Å². The lowest BCUT2D eigenvalue weighted by Gasteiger charge is -2.11. The number of nitrogens with zero attached hydrogens (tertiary/aromatic N) is 1. The molecule has 0 saturated heterocycles. The van der Waals surface area contributed by atoms with Gasteiger partial charge in [-0.25, -0.2) is 0 Å². The minimum absolute atomic E-state index is 0.0859. The molecular formula is C16H20N2O2. The van der Waals surface area contributed by atoms with Crippen LogP contribution in [0.4, 0.5) is 0 Å². The van der Waals surface area contributed by atoms with E-state index in [1.54, 1.807) is 6.07 Å². The SMILES string of the molecule is Cc1ccc2cc(C(=O)NCC(C)CCO)ccc2n1. The standard InChI is InChI=1S/C16H20N2O2/c1-11(7-8-19)10-17-16(20)14-5-6-15-13(9-14)4-3-12(2)18-15/h3-6,9,11,19H,7-8,10H2,1-2H3,(H,17,20). The van der Waals surface area contributed by atoms with Crippen LogP contribution in [-0.2, 0) is 0 Å². The summed E-state index contributed by atoms with van der Waals surface area (Å²) in [5.41, 5.74) is 2.50. The largest absolute Gasteiger partial charge is 0.396 e. The van der Waals surface area contributed by atoms with Crippen LogP contribution in [-0.4, -0.2) is 29.1 Å². The molecule has 0 aliphatic carbocycles. The lowest BCUT2D eigenvalue weighted by molar-refractivity contribution is 0.0945. The maximum absolute atomic E-state index is 12.1. The third-order valence-electron chi connectivity index (χ3n) is 3.32. The highest BCUT2D eigenvalue weighted by molar-refractivity contribution is 5.97. The topological polar surface area (TPSA) is 62.2 Å². The summed E-state index contributed by atoms with van der Waals surface area (Å²) in [5, 5.41) is 12.7. The maximum Gasteiger partial charge on any atom is 0.251 e. The van der Waals surface area contributed by atoms with Gasteiger partial charge in [-0.05, 0) is 43.5 Å². The summed E-state index contributed by atoms with van der Waals surface area (Å²) in [6.45, 7) is 4.67. The summed E-state index contributed by atoms with van der Waals surface area (Å²) < 4.78 is 0. The van der Waals surface area contributed by atoms with Crippen molar-refractivity contribution in [3.63, 3.8) is 0 Å². The predicted molar refractivity (Wildman–Crippen MR) is 79.7 cm³/mol. The van der Waals surface area contributed by atoms with Gasteiger partial charge in [0.15, 0.2) is 0 Å². The van der Waals surface area contributed by atoms with Gasteiger partial charge in [0, 0.05) is 29.8 Å². The van der Waals surface area contributed by atoms with Gasteiger partial charge in [-0.3, -0.25) is 9.78 Å². The third-order valence-corrected chi connectivity index (χ3v) is 3.32. The van der Waals surface area contributed by atoms with Crippen LogP contribution in [0.3, 0.4) is 0 Å². The van der Waals surface area contributed by atoms with Crippen LogP contribution in [0.2, 0.25) is 0 Å². The second-order valence-electron chi connectivity index (χ2n) is 5.19. The molecule has 4 nitrogen and oxygen atoms in total. The molecule has 2 aromatic rings. The number of aliphatic hydroxyl groups is 1. The molecule has 106 valence electrons. The summed E-state index contributed by atoms with van der Waals surface area (Å²) in [4.78, 5) is 16.5. The van der Waals surface area contributed by atoms with Gasteiger partial charge in [-0.2, -0.15) is 0 Å². The Bertz CT molecular complexity index is 610. The van der Waals surface area contributed by atoms with Gasteiger partial charge in [-0.1, -0.05) is 13.0 Å². The van der Waals surface area contributed by atoms with Crippen LogP contribution in [0.1, 0.15) is 29.4 Å². The molecule has 0 aliphatic heterocycles. The van der Waals surface area contributed by atoms with E-state index in [9.17, 15) is 4.79 Å². The molecule has 4 heteroatoms. The molecule has 0 bridgehead atoms. The average molecular weight is 272 g/mol. The first-order valence-corrected chi connectivity index (χ1v) is 6.86. The molecule has 1 atom stereocenters. The number of nitrogens with one attached hydrogen (secondary N) is 1. The Morgan fingerprint density at radius 3 is 2.90 bits per heavy atom. The van der Waals surface area contributed by atoms with Crippen molar-refractivity contribution in [2.24, 2.45) is 5.92 Å². The smallest absolute Gasteiger partial charge is 0.251 e. The van der Waals surface area contributed by atoms with Gasteiger partial charge in [0.05, 0.1) is 5.52 Å². The number of aryl methyl sites for hydroxylation is 1. The third kappa shape index (κ3) is 3.54. The molecule has 0 aliphatic rings. The molecule has 0 fully saturated rings. The molecule has 0 saturated carbocycles. The van der Waals surface area contributed by atoms with E-state index >= 15 is 0 Å². The number of aromatic nitrogens is 1. The van der Waals surface area contributed by atoms with E-state index in [-0.39, 0.29) is 18.4 Å². The van der Waals surface area contributed by atoms with Gasteiger partial charge in [-0.15, -0.1) is 0 Å². The number of amides is 1. The monoisotopic (exact) mass is 272 g/mol. The van der Waals surface area contributed by atoms with E-state index in [2.05, 4.69) is 10.3 Å². The second-order valence-corrected chi connectivity index (χ2v) is 5.19. The van der Waals surface area contributed by atoms with Gasteiger partial charge < -0.3 is 10.4 Å². The van der Waals surface area contributed by atoms with Crippen molar-refractivity contribution in [1.29, 1.82) is 0 Å². The highest BCUT2D eigenvalue weighted by atomic mass is 16.3. The molecule has 0 spiro atoms. The number of hydrogen-bond acceptors (Lipinski definition) is 3. The van der Waals surface area contributed by atoms with Crippen LogP contribution in [0, 0.1) is 12.8 Å². The lowest BCUT2D eigenvalue weighted by atomic mass is 10.1. The van der Waals surface area contributed by atoms with Gasteiger partial charge in [0.25, 0.3) is 5.91 Å². The molecule has 0 radical (unpaired) electrons. The van der Waals surface area contributed by atoms with Crippen molar-refractivity contribution in [2.45, 2.75) is 20.3 Å². The fraction of sp³-hybridized carbons (Fsp3) is 0.375. The number of hydrogen-bond donors (Lipinski definition) is 2. The number of carbonyl (C=O) groups is 1. The fourth-order valence-electron chi connectivity index (χ4n) is 2.06. The van der Waals surface area contributed by atoms with E-state index in [1.165, 1.54) is 0 Å². The molecule has 20 heavy (non-hydrogen) atoms. The molecule has 1 aromatic carbocycles. The van der Waals surface area contributed by atoms with E-state index in [0.717, 1.165) is 16.6 Å². The maximum atomic E-state index is 12.1. The number of fused-ring (bicyclic) bond motifs is 1. The Labute approximate surface area is 118 Å². The van der Waals surface area contributed by atoms with E-state index in [1.807, 2.05) is 38.1 Å². The average Bonchev–Trinajstić information content (AvgIpc) is 2.44. The van der Waals surface area contributed by atoms with Crippen LogP contribution < -0.4 is 5.32 Å². The Balaban J connectivity index is 2.08. The van der Waals surface area contributed by atoms with Crippen LogP contribution >= 0.6 is 0 Å². The van der Waals surface area contributed by atoms with E-state index < -0.39 is 0 Å². The number of benzene rings is 1. The highest BCUT2D eigenvalue weighted by Crippen LogP contribution is 2.15. The molecule has 2 rings (SSSR count). The van der Waals surface area contributed by atoms with Crippen molar-refractivity contribution in [3.8, 4) is 0 Å². The minimum Gasteiger partial charge on any atom is -0.396 e. The van der Waals surface area contributed by atoms with Crippen molar-refractivity contribution >= 4 is 16.8 Å². The van der Waals surface area contributed by atoms with Crippen molar-refractivity contribution in [3.05, 3.63) is 41.6 Å². The molecule has 1 aromatic heterocycles. The summed E-state index contributed by atoms with van der Waals surface area (Å²) >= 11 is 0. The Morgan fingerprint density at radius 1 is 1.35 bits per heavy atom. The first kappa shape index (κ1) is 14.5. The zero-order chi connectivity index (χ0) is 14.5. The lowest BCUT2D eigenvalue weighted by Crippen LogP contribution is -2.28. The Morgan fingerprint density at radius 2 is 2.15 bits per heavy atom. The summed E-state index contributed by atoms with van der Waals surface area (Å²) in [6.07, 6.45) is 0.696. The van der Waals surface area contributed by atoms with Crippen molar-refractivity contribution in [2.75, 3.05) is 13.2 Å². The van der Waals surface area contributed by atoms with Crippen molar-refractivity contribution < 1.29 is 9.90 Å². The first-order valence-electron chi connectivity index (χ1n) is 6.86. The molecule has 2 N–H and O–H groups in total. The van der Waals surface area contributed by atoms with E-state index in [0.29, 0.717) is 18.5 Å².